The Morgan fingerprint density at radius 2 is 2.35 bits per heavy atom. The van der Waals surface area contributed by atoms with E-state index in [0.717, 1.165) is 17.2 Å². The van der Waals surface area contributed by atoms with Crippen LogP contribution in [-0.4, -0.2) is 46.1 Å². The maximum atomic E-state index is 11.8. The summed E-state index contributed by atoms with van der Waals surface area (Å²) in [6, 6.07) is 0. The lowest BCUT2D eigenvalue weighted by Crippen LogP contribution is -2.24. The van der Waals surface area contributed by atoms with Crippen LogP contribution in [0.2, 0.25) is 0 Å². The Labute approximate surface area is 138 Å². The van der Waals surface area contributed by atoms with E-state index in [2.05, 4.69) is 15.1 Å². The zero-order valence-corrected chi connectivity index (χ0v) is 14.3. The van der Waals surface area contributed by atoms with Crippen LogP contribution in [0.3, 0.4) is 0 Å². The van der Waals surface area contributed by atoms with Gasteiger partial charge >= 0.3 is 0 Å². The second kappa shape index (κ2) is 6.76. The molecule has 1 aliphatic heterocycles. The molecule has 0 radical (unpaired) electrons. The summed E-state index contributed by atoms with van der Waals surface area (Å²) in [4.78, 5) is 22.6. The van der Waals surface area contributed by atoms with Crippen molar-refractivity contribution in [2.24, 2.45) is 0 Å². The standard InChI is InChI=1S/C15H20N4O3S/c1-4-19-7-10(5-13(19)20)14-17-12(18-22-14)6-11-8-23-15(16-11)9(2)21-3/h8-10H,4-7H2,1-3H3. The maximum absolute atomic E-state index is 11.8. The fourth-order valence-corrected chi connectivity index (χ4v) is 3.45. The molecular formula is C15H20N4O3S. The predicted octanol–water partition coefficient (Wildman–Crippen LogP) is 2.16. The number of methoxy groups -OCH3 is 1. The summed E-state index contributed by atoms with van der Waals surface area (Å²) in [5.41, 5.74) is 0.902. The van der Waals surface area contributed by atoms with E-state index < -0.39 is 0 Å². The highest BCUT2D eigenvalue weighted by molar-refractivity contribution is 7.09. The third kappa shape index (κ3) is 3.42. The van der Waals surface area contributed by atoms with Gasteiger partial charge in [0.1, 0.15) is 11.1 Å². The monoisotopic (exact) mass is 336 g/mol. The van der Waals surface area contributed by atoms with Gasteiger partial charge in [0.05, 0.1) is 18.0 Å². The quantitative estimate of drug-likeness (QED) is 0.804. The molecule has 1 fully saturated rings. The van der Waals surface area contributed by atoms with Gasteiger partial charge in [0.25, 0.3) is 0 Å². The third-order valence-electron chi connectivity index (χ3n) is 4.04. The first-order valence-corrected chi connectivity index (χ1v) is 8.56. The first-order chi connectivity index (χ1) is 11.1. The number of thiazole rings is 1. The molecule has 1 saturated heterocycles. The van der Waals surface area contributed by atoms with E-state index in [-0.39, 0.29) is 17.9 Å². The van der Waals surface area contributed by atoms with Gasteiger partial charge in [-0.15, -0.1) is 11.3 Å². The molecule has 23 heavy (non-hydrogen) atoms. The van der Waals surface area contributed by atoms with Crippen LogP contribution < -0.4 is 0 Å². The summed E-state index contributed by atoms with van der Waals surface area (Å²) in [6.07, 6.45) is 0.954. The molecule has 124 valence electrons. The highest BCUT2D eigenvalue weighted by atomic mass is 32.1. The van der Waals surface area contributed by atoms with Gasteiger partial charge in [-0.2, -0.15) is 4.98 Å². The average molecular weight is 336 g/mol. The normalized spacial score (nSPS) is 19.5. The number of likely N-dealkylation sites (N-methyl/N-ethyl adjacent to an activating group) is 1. The van der Waals surface area contributed by atoms with E-state index in [4.69, 9.17) is 9.26 Å². The summed E-state index contributed by atoms with van der Waals surface area (Å²) >= 11 is 1.56. The van der Waals surface area contributed by atoms with Crippen molar-refractivity contribution in [1.82, 2.24) is 20.0 Å². The summed E-state index contributed by atoms with van der Waals surface area (Å²) in [7, 11) is 1.67. The Morgan fingerprint density at radius 1 is 1.52 bits per heavy atom. The lowest BCUT2D eigenvalue weighted by atomic mass is 10.1. The third-order valence-corrected chi connectivity index (χ3v) is 5.09. The number of carbonyl (C=O) groups is 1. The Kier molecular flexibility index (Phi) is 4.72. The zero-order valence-electron chi connectivity index (χ0n) is 13.5. The number of aromatic nitrogens is 3. The molecule has 0 spiro atoms. The average Bonchev–Trinajstić information content (AvgIpc) is 3.26. The number of nitrogens with zero attached hydrogens (tertiary/aromatic N) is 4. The summed E-state index contributed by atoms with van der Waals surface area (Å²) in [5, 5.41) is 6.94. The summed E-state index contributed by atoms with van der Waals surface area (Å²) in [5.74, 6) is 1.30. The molecule has 1 aliphatic rings. The van der Waals surface area contributed by atoms with E-state index in [1.165, 1.54) is 0 Å². The zero-order chi connectivity index (χ0) is 16.4. The minimum absolute atomic E-state index is 0.00297. The highest BCUT2D eigenvalue weighted by Gasteiger charge is 2.33. The molecule has 2 unspecified atom stereocenters. The molecule has 1 amide bonds. The minimum Gasteiger partial charge on any atom is -0.375 e. The molecule has 2 atom stereocenters. The maximum Gasteiger partial charge on any atom is 0.232 e. The van der Waals surface area contributed by atoms with Gasteiger partial charge < -0.3 is 14.2 Å². The molecule has 3 rings (SSSR count). The van der Waals surface area contributed by atoms with Gasteiger partial charge in [-0.05, 0) is 13.8 Å². The molecule has 7 nitrogen and oxygen atoms in total. The van der Waals surface area contributed by atoms with Crippen LogP contribution in [0.5, 0.6) is 0 Å². The lowest BCUT2D eigenvalue weighted by Gasteiger charge is -2.11. The van der Waals surface area contributed by atoms with E-state index >= 15 is 0 Å². The van der Waals surface area contributed by atoms with E-state index in [9.17, 15) is 4.79 Å². The Hall–Kier alpha value is -1.80. The van der Waals surface area contributed by atoms with Crippen molar-refractivity contribution >= 4 is 17.2 Å². The van der Waals surface area contributed by atoms with Crippen molar-refractivity contribution in [1.29, 1.82) is 0 Å². The number of hydrogen-bond acceptors (Lipinski definition) is 7. The summed E-state index contributed by atoms with van der Waals surface area (Å²) < 4.78 is 10.6. The number of rotatable bonds is 6. The van der Waals surface area contributed by atoms with Gasteiger partial charge in [0.2, 0.25) is 11.8 Å². The molecule has 0 N–H and O–H groups in total. The topological polar surface area (TPSA) is 81.3 Å². The smallest absolute Gasteiger partial charge is 0.232 e. The number of likely N-dealkylation sites (tertiary alicyclic amines) is 1. The number of carbonyl (C=O) groups excluding carboxylic acids is 1. The van der Waals surface area contributed by atoms with Crippen molar-refractivity contribution in [3.8, 4) is 0 Å². The van der Waals surface area contributed by atoms with Crippen LogP contribution in [0.25, 0.3) is 0 Å². The molecule has 8 heteroatoms. The first kappa shape index (κ1) is 16.1. The number of amides is 1. The fraction of sp³-hybridized carbons (Fsp3) is 0.600. The van der Waals surface area contributed by atoms with Crippen molar-refractivity contribution in [3.63, 3.8) is 0 Å². The molecule has 3 heterocycles. The Morgan fingerprint density at radius 3 is 3.04 bits per heavy atom. The molecule has 2 aromatic rings. The molecular weight excluding hydrogens is 316 g/mol. The van der Waals surface area contributed by atoms with Crippen molar-refractivity contribution in [2.75, 3.05) is 20.2 Å². The minimum atomic E-state index is -0.0147. The van der Waals surface area contributed by atoms with E-state index in [0.29, 0.717) is 31.1 Å². The highest BCUT2D eigenvalue weighted by Crippen LogP contribution is 2.27. The molecule has 0 bridgehead atoms. The summed E-state index contributed by atoms with van der Waals surface area (Å²) in [6.45, 7) is 5.31. The van der Waals surface area contributed by atoms with Crippen LogP contribution >= 0.6 is 11.3 Å². The van der Waals surface area contributed by atoms with Gasteiger partial charge in [-0.1, -0.05) is 5.16 Å². The second-order valence-electron chi connectivity index (χ2n) is 5.61. The van der Waals surface area contributed by atoms with Gasteiger partial charge in [-0.25, -0.2) is 4.98 Å². The Bertz CT molecular complexity index is 684. The van der Waals surface area contributed by atoms with Gasteiger partial charge in [0, 0.05) is 32.0 Å². The van der Waals surface area contributed by atoms with Crippen molar-refractivity contribution in [3.05, 3.63) is 27.8 Å². The first-order valence-electron chi connectivity index (χ1n) is 7.68. The van der Waals surface area contributed by atoms with Gasteiger partial charge in [-0.3, -0.25) is 4.79 Å². The van der Waals surface area contributed by atoms with E-state index in [1.54, 1.807) is 18.4 Å². The van der Waals surface area contributed by atoms with Crippen LogP contribution in [0.1, 0.15) is 54.7 Å². The van der Waals surface area contributed by atoms with Gasteiger partial charge in [0.15, 0.2) is 5.82 Å². The fourth-order valence-electron chi connectivity index (χ4n) is 2.60. The SMILES string of the molecule is CCN1CC(c2nc(Cc3csc(C(C)OC)n3)no2)CC1=O. The van der Waals surface area contributed by atoms with Crippen LogP contribution in [0.4, 0.5) is 0 Å². The second-order valence-corrected chi connectivity index (χ2v) is 6.50. The van der Waals surface area contributed by atoms with E-state index in [1.807, 2.05) is 24.1 Å². The lowest BCUT2D eigenvalue weighted by molar-refractivity contribution is -0.127. The molecule has 0 saturated carbocycles. The number of ether oxygens (including phenoxy) is 1. The Balaban J connectivity index is 1.66. The van der Waals surface area contributed by atoms with Crippen LogP contribution in [-0.2, 0) is 16.0 Å². The van der Waals surface area contributed by atoms with Crippen molar-refractivity contribution < 1.29 is 14.1 Å². The molecule has 0 aliphatic carbocycles. The molecule has 0 aromatic carbocycles. The predicted molar refractivity (Wildman–Crippen MR) is 84.3 cm³/mol. The molecule has 2 aromatic heterocycles. The number of hydrogen-bond donors (Lipinski definition) is 0. The van der Waals surface area contributed by atoms with Crippen LogP contribution in [0, 0.1) is 0 Å². The largest absolute Gasteiger partial charge is 0.375 e. The van der Waals surface area contributed by atoms with Crippen LogP contribution in [0.15, 0.2) is 9.90 Å². The van der Waals surface area contributed by atoms with Crippen molar-refractivity contribution in [2.45, 2.75) is 38.7 Å².